The molecule has 1 aliphatic carbocycles. The van der Waals surface area contributed by atoms with Gasteiger partial charge in [0.15, 0.2) is 0 Å². The van der Waals surface area contributed by atoms with E-state index in [1.165, 1.54) is 49.8 Å². The predicted octanol–water partition coefficient (Wildman–Crippen LogP) is 4.14. The van der Waals surface area contributed by atoms with E-state index >= 15 is 0 Å². The lowest BCUT2D eigenvalue weighted by atomic mass is 9.81. The van der Waals surface area contributed by atoms with Crippen LogP contribution in [0.2, 0.25) is 0 Å². The van der Waals surface area contributed by atoms with Gasteiger partial charge in [0.25, 0.3) is 0 Å². The minimum absolute atomic E-state index is 0.703. The molecule has 0 spiro atoms. The Labute approximate surface area is 123 Å². The number of nitrogens with one attached hydrogen (secondary N) is 1. The second-order valence-corrected chi connectivity index (χ2v) is 6.18. The van der Waals surface area contributed by atoms with Crippen molar-refractivity contribution in [2.45, 2.75) is 52.2 Å². The third-order valence-corrected chi connectivity index (χ3v) is 4.61. The van der Waals surface area contributed by atoms with Gasteiger partial charge in [-0.1, -0.05) is 50.5 Å². The minimum atomic E-state index is 0.703. The van der Waals surface area contributed by atoms with Gasteiger partial charge in [-0.05, 0) is 42.3 Å². The zero-order chi connectivity index (χ0) is 14.2. The van der Waals surface area contributed by atoms with Gasteiger partial charge in [0, 0.05) is 13.7 Å². The first-order chi connectivity index (χ1) is 9.81. The van der Waals surface area contributed by atoms with E-state index in [2.05, 4.69) is 36.5 Å². The lowest BCUT2D eigenvalue weighted by molar-refractivity contribution is 0.185. The van der Waals surface area contributed by atoms with Gasteiger partial charge in [0.1, 0.15) is 0 Å². The van der Waals surface area contributed by atoms with Crippen molar-refractivity contribution in [3.05, 3.63) is 35.4 Å². The van der Waals surface area contributed by atoms with Crippen LogP contribution in [-0.2, 0) is 17.9 Å². The first-order valence-electron chi connectivity index (χ1n) is 8.09. The van der Waals surface area contributed by atoms with Gasteiger partial charge in [-0.2, -0.15) is 0 Å². The van der Waals surface area contributed by atoms with Gasteiger partial charge in [0.2, 0.25) is 0 Å². The zero-order valence-corrected chi connectivity index (χ0v) is 13.0. The maximum absolute atomic E-state index is 5.18. The van der Waals surface area contributed by atoms with Gasteiger partial charge in [0.05, 0.1) is 6.61 Å². The number of ether oxygens (including phenoxy) is 1. The summed E-state index contributed by atoms with van der Waals surface area (Å²) < 4.78 is 5.18. The molecule has 0 aromatic heterocycles. The molecule has 0 saturated heterocycles. The fraction of sp³-hybridized carbons (Fsp3) is 0.667. The molecule has 1 aromatic carbocycles. The predicted molar refractivity (Wildman–Crippen MR) is 84.6 cm³/mol. The molecule has 0 aliphatic heterocycles. The Bertz CT molecular complexity index is 383. The molecule has 1 fully saturated rings. The summed E-state index contributed by atoms with van der Waals surface area (Å²) in [5.74, 6) is 1.89. The smallest absolute Gasteiger partial charge is 0.0713 e. The van der Waals surface area contributed by atoms with Gasteiger partial charge < -0.3 is 10.1 Å². The molecule has 0 heterocycles. The van der Waals surface area contributed by atoms with E-state index in [0.717, 1.165) is 18.4 Å². The van der Waals surface area contributed by atoms with Crippen LogP contribution in [0.5, 0.6) is 0 Å². The van der Waals surface area contributed by atoms with E-state index in [1.54, 1.807) is 7.11 Å². The van der Waals surface area contributed by atoms with Crippen molar-refractivity contribution in [3.63, 3.8) is 0 Å². The van der Waals surface area contributed by atoms with Gasteiger partial charge in [-0.15, -0.1) is 0 Å². The lowest BCUT2D eigenvalue weighted by Gasteiger charge is -2.28. The largest absolute Gasteiger partial charge is 0.380 e. The van der Waals surface area contributed by atoms with Crippen LogP contribution in [-0.4, -0.2) is 13.7 Å². The summed E-state index contributed by atoms with van der Waals surface area (Å²) in [6.45, 7) is 5.18. The normalized spacial score (nSPS) is 22.9. The number of methoxy groups -OCH3 is 1. The van der Waals surface area contributed by atoms with Crippen LogP contribution >= 0.6 is 0 Å². The van der Waals surface area contributed by atoms with Crippen LogP contribution in [0.15, 0.2) is 24.3 Å². The second-order valence-electron chi connectivity index (χ2n) is 6.18. The fourth-order valence-corrected chi connectivity index (χ4v) is 3.26. The summed E-state index contributed by atoms with van der Waals surface area (Å²) in [7, 11) is 1.75. The number of hydrogen-bond acceptors (Lipinski definition) is 2. The highest BCUT2D eigenvalue weighted by molar-refractivity contribution is 5.22. The fourth-order valence-electron chi connectivity index (χ4n) is 3.26. The Balaban J connectivity index is 1.69. The molecule has 20 heavy (non-hydrogen) atoms. The molecule has 2 nitrogen and oxygen atoms in total. The molecule has 0 amide bonds. The highest BCUT2D eigenvalue weighted by atomic mass is 16.5. The first kappa shape index (κ1) is 15.5. The Kier molecular flexibility index (Phi) is 6.55. The molecular weight excluding hydrogens is 246 g/mol. The lowest BCUT2D eigenvalue weighted by Crippen LogP contribution is -2.26. The summed E-state index contributed by atoms with van der Waals surface area (Å²) in [4.78, 5) is 0. The van der Waals surface area contributed by atoms with Crippen molar-refractivity contribution >= 4 is 0 Å². The summed E-state index contributed by atoms with van der Waals surface area (Å²) >= 11 is 0. The van der Waals surface area contributed by atoms with E-state index in [1.807, 2.05) is 0 Å². The molecule has 1 aromatic rings. The molecule has 2 heteroatoms. The minimum Gasteiger partial charge on any atom is -0.380 e. The van der Waals surface area contributed by atoms with E-state index in [0.29, 0.717) is 6.61 Å². The molecular formula is C18H29NO. The molecule has 0 radical (unpaired) electrons. The van der Waals surface area contributed by atoms with E-state index in [-0.39, 0.29) is 0 Å². The van der Waals surface area contributed by atoms with Crippen LogP contribution in [0.3, 0.4) is 0 Å². The molecule has 0 bridgehead atoms. The standard InChI is InChI=1S/C18H29NO/c1-3-15-7-9-16(10-8-15)12-19-13-17-5-4-6-18(11-17)14-20-2/h4-6,11,15-16,19H,3,7-10,12-14H2,1-2H3. The van der Waals surface area contributed by atoms with Crippen LogP contribution in [0.1, 0.15) is 50.2 Å². The second kappa shape index (κ2) is 8.43. The van der Waals surface area contributed by atoms with Crippen molar-refractivity contribution in [1.82, 2.24) is 5.32 Å². The Hall–Kier alpha value is -0.860. The van der Waals surface area contributed by atoms with Crippen LogP contribution in [0.25, 0.3) is 0 Å². The number of hydrogen-bond donors (Lipinski definition) is 1. The van der Waals surface area contributed by atoms with Gasteiger partial charge in [-0.3, -0.25) is 0 Å². The third kappa shape index (κ3) is 4.92. The molecule has 1 saturated carbocycles. The summed E-state index contributed by atoms with van der Waals surface area (Å²) in [6, 6.07) is 8.68. The SMILES string of the molecule is CCC1CCC(CNCc2cccc(COC)c2)CC1. The number of rotatable bonds is 7. The summed E-state index contributed by atoms with van der Waals surface area (Å²) in [5, 5.41) is 3.63. The third-order valence-electron chi connectivity index (χ3n) is 4.61. The van der Waals surface area contributed by atoms with E-state index in [9.17, 15) is 0 Å². The maximum atomic E-state index is 5.18. The van der Waals surface area contributed by atoms with Crippen molar-refractivity contribution in [1.29, 1.82) is 0 Å². The average Bonchev–Trinajstić information content (AvgIpc) is 2.49. The van der Waals surface area contributed by atoms with Gasteiger partial charge in [-0.25, -0.2) is 0 Å². The van der Waals surface area contributed by atoms with Crippen molar-refractivity contribution in [2.75, 3.05) is 13.7 Å². The molecule has 0 unspecified atom stereocenters. The highest BCUT2D eigenvalue weighted by Crippen LogP contribution is 2.30. The number of benzene rings is 1. The zero-order valence-electron chi connectivity index (χ0n) is 13.0. The molecule has 1 N–H and O–H groups in total. The Morgan fingerprint density at radius 2 is 1.80 bits per heavy atom. The monoisotopic (exact) mass is 275 g/mol. The van der Waals surface area contributed by atoms with Crippen LogP contribution in [0, 0.1) is 11.8 Å². The average molecular weight is 275 g/mol. The summed E-state index contributed by atoms with van der Waals surface area (Å²) in [5.41, 5.74) is 2.62. The topological polar surface area (TPSA) is 21.3 Å². The van der Waals surface area contributed by atoms with Crippen molar-refractivity contribution in [2.24, 2.45) is 11.8 Å². The molecule has 112 valence electrons. The van der Waals surface area contributed by atoms with Gasteiger partial charge >= 0.3 is 0 Å². The molecule has 1 aliphatic rings. The Morgan fingerprint density at radius 1 is 1.10 bits per heavy atom. The maximum Gasteiger partial charge on any atom is 0.0713 e. The van der Waals surface area contributed by atoms with Crippen molar-refractivity contribution in [3.8, 4) is 0 Å². The Morgan fingerprint density at radius 3 is 2.50 bits per heavy atom. The molecule has 2 rings (SSSR count). The molecule has 0 atom stereocenters. The van der Waals surface area contributed by atoms with E-state index < -0.39 is 0 Å². The van der Waals surface area contributed by atoms with Crippen molar-refractivity contribution < 1.29 is 4.74 Å². The van der Waals surface area contributed by atoms with Crippen LogP contribution in [0.4, 0.5) is 0 Å². The quantitative estimate of drug-likeness (QED) is 0.807. The highest BCUT2D eigenvalue weighted by Gasteiger charge is 2.19. The summed E-state index contributed by atoms with van der Waals surface area (Å²) in [6.07, 6.45) is 7.06. The van der Waals surface area contributed by atoms with E-state index in [4.69, 9.17) is 4.74 Å². The first-order valence-corrected chi connectivity index (χ1v) is 8.09. The van der Waals surface area contributed by atoms with Crippen LogP contribution < -0.4 is 5.32 Å².